The van der Waals surface area contributed by atoms with Gasteiger partial charge in [0.25, 0.3) is 0 Å². The zero-order chi connectivity index (χ0) is 18.0. The molecular weight excluding hydrogens is 309 g/mol. The molecule has 0 unspecified atom stereocenters. The fraction of sp³-hybridized carbons (Fsp3) is 0.667. The molecule has 1 atom stereocenters. The lowest BCUT2D eigenvalue weighted by Gasteiger charge is -2.25. The molecule has 5 nitrogen and oxygen atoms in total. The van der Waals surface area contributed by atoms with E-state index in [0.29, 0.717) is 17.0 Å². The molecule has 1 aromatic heterocycles. The van der Waals surface area contributed by atoms with Crippen LogP contribution in [-0.2, 0) is 17.8 Å². The van der Waals surface area contributed by atoms with Gasteiger partial charge in [-0.3, -0.25) is 9.48 Å². The van der Waals surface area contributed by atoms with Gasteiger partial charge in [0.15, 0.2) is 0 Å². The fourth-order valence-corrected chi connectivity index (χ4v) is 2.13. The summed E-state index contributed by atoms with van der Waals surface area (Å²) in [5.41, 5.74) is 0.706. The predicted molar refractivity (Wildman–Crippen MR) is 78.5 cm³/mol. The van der Waals surface area contributed by atoms with Crippen molar-refractivity contribution in [3.05, 3.63) is 17.0 Å². The van der Waals surface area contributed by atoms with E-state index in [-0.39, 0.29) is 6.42 Å². The molecule has 0 fully saturated rings. The Morgan fingerprint density at radius 1 is 1.35 bits per heavy atom. The average molecular weight is 330 g/mol. The van der Waals surface area contributed by atoms with E-state index in [4.69, 9.17) is 5.26 Å². The lowest BCUT2D eigenvalue weighted by Crippen LogP contribution is -2.43. The first-order chi connectivity index (χ1) is 10.3. The minimum absolute atomic E-state index is 0.107. The highest BCUT2D eigenvalue weighted by atomic mass is 19.4. The van der Waals surface area contributed by atoms with Crippen molar-refractivity contribution in [2.45, 2.75) is 59.8 Å². The minimum Gasteiger partial charge on any atom is -0.340 e. The van der Waals surface area contributed by atoms with Gasteiger partial charge in [0.05, 0.1) is 18.2 Å². The summed E-state index contributed by atoms with van der Waals surface area (Å²) in [6, 6.07) is 1.34. The van der Waals surface area contributed by atoms with E-state index >= 15 is 0 Å². The number of nitrogens with one attached hydrogen (secondary N) is 1. The molecule has 8 heteroatoms. The quantitative estimate of drug-likeness (QED) is 0.922. The molecule has 1 aromatic rings. The van der Waals surface area contributed by atoms with Crippen molar-refractivity contribution in [1.82, 2.24) is 15.1 Å². The Bertz CT molecular complexity index is 620. The summed E-state index contributed by atoms with van der Waals surface area (Å²) in [7, 11) is 0. The number of nitriles is 1. The largest absolute Gasteiger partial charge is 0.408 e. The molecule has 0 aliphatic carbocycles. The third kappa shape index (κ3) is 5.27. The maximum Gasteiger partial charge on any atom is 0.408 e. The van der Waals surface area contributed by atoms with Crippen LogP contribution in [0, 0.1) is 30.6 Å². The lowest BCUT2D eigenvalue weighted by molar-refractivity contribution is -0.142. The van der Waals surface area contributed by atoms with Gasteiger partial charge in [-0.15, -0.1) is 0 Å². The lowest BCUT2D eigenvalue weighted by atomic mass is 9.87. The van der Waals surface area contributed by atoms with Crippen LogP contribution in [0.4, 0.5) is 13.2 Å². The van der Waals surface area contributed by atoms with Gasteiger partial charge in [-0.1, -0.05) is 20.8 Å². The number of carbonyl (C=O) groups excluding carboxylic acids is 1. The van der Waals surface area contributed by atoms with Gasteiger partial charge in [0.2, 0.25) is 5.91 Å². The summed E-state index contributed by atoms with van der Waals surface area (Å²) in [4.78, 5) is 12.1. The number of alkyl halides is 3. The number of rotatable bonds is 4. The highest BCUT2D eigenvalue weighted by Gasteiger charge is 2.31. The highest BCUT2D eigenvalue weighted by molar-refractivity contribution is 5.79. The van der Waals surface area contributed by atoms with Crippen LogP contribution in [0.2, 0.25) is 0 Å². The third-order valence-corrected chi connectivity index (χ3v) is 3.50. The normalized spacial score (nSPS) is 13.5. The monoisotopic (exact) mass is 330 g/mol. The van der Waals surface area contributed by atoms with Crippen molar-refractivity contribution < 1.29 is 18.0 Å². The number of amides is 1. The molecule has 0 aliphatic rings. The summed E-state index contributed by atoms with van der Waals surface area (Å²) < 4.78 is 38.3. The van der Waals surface area contributed by atoms with Crippen LogP contribution in [-0.4, -0.2) is 27.9 Å². The summed E-state index contributed by atoms with van der Waals surface area (Å²) in [6.45, 7) is 7.33. The van der Waals surface area contributed by atoms with Gasteiger partial charge in [-0.05, 0) is 19.3 Å². The van der Waals surface area contributed by atoms with Gasteiger partial charge in [-0.2, -0.15) is 23.5 Å². The smallest absolute Gasteiger partial charge is 0.340 e. The Balaban J connectivity index is 2.90. The molecule has 0 aliphatic heterocycles. The number of aromatic nitrogens is 2. The summed E-state index contributed by atoms with van der Waals surface area (Å²) in [5, 5.41) is 15.6. The van der Waals surface area contributed by atoms with Gasteiger partial charge in [-0.25, -0.2) is 0 Å². The molecule has 0 saturated heterocycles. The van der Waals surface area contributed by atoms with E-state index in [2.05, 4.69) is 10.4 Å². The molecule has 1 amide bonds. The molecule has 0 aromatic carbocycles. The number of hydrogen-bond acceptors (Lipinski definition) is 3. The van der Waals surface area contributed by atoms with Crippen LogP contribution in [0.5, 0.6) is 0 Å². The first-order valence-electron chi connectivity index (χ1n) is 7.13. The molecule has 23 heavy (non-hydrogen) atoms. The zero-order valence-electron chi connectivity index (χ0n) is 13.9. The van der Waals surface area contributed by atoms with E-state index in [9.17, 15) is 18.0 Å². The fourth-order valence-electron chi connectivity index (χ4n) is 2.13. The van der Waals surface area contributed by atoms with Crippen LogP contribution in [0.3, 0.4) is 0 Å². The van der Waals surface area contributed by atoms with Crippen molar-refractivity contribution >= 4 is 5.91 Å². The Kier molecular flexibility index (Phi) is 5.46. The first kappa shape index (κ1) is 19.0. The van der Waals surface area contributed by atoms with Crippen LogP contribution >= 0.6 is 0 Å². The number of aryl methyl sites for hydroxylation is 1. The number of hydrogen-bond donors (Lipinski definition) is 1. The first-order valence-corrected chi connectivity index (χ1v) is 7.13. The van der Waals surface area contributed by atoms with E-state index in [1.807, 2.05) is 26.8 Å². The Morgan fingerprint density at radius 3 is 2.35 bits per heavy atom. The van der Waals surface area contributed by atoms with E-state index in [1.165, 1.54) is 6.92 Å². The Hall–Kier alpha value is -2.04. The Labute approximate surface area is 133 Å². The minimum atomic E-state index is -4.37. The predicted octanol–water partition coefficient (Wildman–Crippen LogP) is 2.66. The summed E-state index contributed by atoms with van der Waals surface area (Å²) in [6.07, 6.45) is -4.48. The van der Waals surface area contributed by atoms with Gasteiger partial charge in [0, 0.05) is 11.3 Å². The topological polar surface area (TPSA) is 70.7 Å². The second-order valence-electron chi connectivity index (χ2n) is 6.59. The maximum absolute atomic E-state index is 12.5. The third-order valence-electron chi connectivity index (χ3n) is 3.50. The number of nitrogens with zero attached hydrogens (tertiary/aromatic N) is 3. The molecule has 0 bridgehead atoms. The average Bonchev–Trinajstić information content (AvgIpc) is 2.60. The van der Waals surface area contributed by atoms with Crippen molar-refractivity contribution in [3.63, 3.8) is 0 Å². The maximum atomic E-state index is 12.5. The zero-order valence-corrected chi connectivity index (χ0v) is 13.9. The van der Waals surface area contributed by atoms with Gasteiger partial charge < -0.3 is 5.32 Å². The molecule has 0 saturated carbocycles. The second-order valence-corrected chi connectivity index (χ2v) is 6.59. The molecule has 128 valence electrons. The van der Waals surface area contributed by atoms with E-state index < -0.39 is 30.1 Å². The Morgan fingerprint density at radius 2 is 1.91 bits per heavy atom. The van der Waals surface area contributed by atoms with Crippen molar-refractivity contribution in [2.75, 3.05) is 0 Å². The van der Waals surface area contributed by atoms with E-state index in [0.717, 1.165) is 4.68 Å². The summed E-state index contributed by atoms with van der Waals surface area (Å²) >= 11 is 0. The van der Waals surface area contributed by atoms with Crippen LogP contribution in [0.1, 0.15) is 37.7 Å². The second kappa shape index (κ2) is 6.60. The standard InChI is InChI=1S/C15H21F3N4O/c1-9-11(10(2)22(21-9)8-15(16,17)18)6-13(23)20-12(7-19)14(3,4)5/h12H,6,8H2,1-5H3,(H,20,23)/t12-/m0/s1. The molecule has 1 heterocycles. The van der Waals surface area contributed by atoms with Crippen molar-refractivity contribution in [1.29, 1.82) is 5.26 Å². The van der Waals surface area contributed by atoms with E-state index in [1.54, 1.807) is 6.92 Å². The SMILES string of the molecule is Cc1nn(CC(F)(F)F)c(C)c1CC(=O)N[C@@H](C#N)C(C)(C)C. The number of halogens is 3. The molecule has 0 radical (unpaired) electrons. The highest BCUT2D eigenvalue weighted by Crippen LogP contribution is 2.22. The number of carbonyl (C=O) groups is 1. The molecule has 1 N–H and O–H groups in total. The molecular formula is C15H21F3N4O. The van der Waals surface area contributed by atoms with Crippen LogP contribution < -0.4 is 5.32 Å². The van der Waals surface area contributed by atoms with Crippen molar-refractivity contribution in [2.24, 2.45) is 5.41 Å². The van der Waals surface area contributed by atoms with Gasteiger partial charge >= 0.3 is 6.18 Å². The van der Waals surface area contributed by atoms with Gasteiger partial charge in [0.1, 0.15) is 12.6 Å². The molecule has 0 spiro atoms. The van der Waals surface area contributed by atoms with Crippen molar-refractivity contribution in [3.8, 4) is 6.07 Å². The molecule has 1 rings (SSSR count). The van der Waals surface area contributed by atoms with Crippen LogP contribution in [0.25, 0.3) is 0 Å². The van der Waals surface area contributed by atoms with Crippen LogP contribution in [0.15, 0.2) is 0 Å². The summed E-state index contributed by atoms with van der Waals surface area (Å²) in [5.74, 6) is -0.413.